The minimum atomic E-state index is -0.0906. The molecule has 0 aromatic heterocycles. The molecule has 122 valence electrons. The third-order valence-electron chi connectivity index (χ3n) is 4.69. The number of rotatable bonds is 3. The highest BCUT2D eigenvalue weighted by Gasteiger charge is 2.30. The molecule has 0 aliphatic carbocycles. The minimum absolute atomic E-state index is 0.0625. The molecular weight excluding hydrogens is 314 g/mol. The lowest BCUT2D eigenvalue weighted by molar-refractivity contribution is 0.0793. The fraction of sp³-hybridized carbons (Fsp3) is 0.150. The van der Waals surface area contributed by atoms with Crippen LogP contribution in [-0.2, 0) is 13.1 Å². The SMILES string of the molecule is C=C(C#N)CN1Cc2c(cccc2-c2ccc3c(c2)C(=O)NC3)C1=O. The van der Waals surface area contributed by atoms with Gasteiger partial charge in [0.25, 0.3) is 11.8 Å². The minimum Gasteiger partial charge on any atom is -0.348 e. The molecule has 2 heterocycles. The van der Waals surface area contributed by atoms with Crippen LogP contribution in [0.15, 0.2) is 48.6 Å². The van der Waals surface area contributed by atoms with Crippen LogP contribution in [-0.4, -0.2) is 23.3 Å². The van der Waals surface area contributed by atoms with Crippen molar-refractivity contribution in [3.8, 4) is 17.2 Å². The predicted octanol–water partition coefficient (Wildman–Crippen LogP) is 2.63. The molecule has 0 unspecified atom stereocenters. The van der Waals surface area contributed by atoms with Crippen LogP contribution >= 0.6 is 0 Å². The number of fused-ring (bicyclic) bond motifs is 2. The van der Waals surface area contributed by atoms with Crippen molar-refractivity contribution >= 4 is 11.8 Å². The molecule has 0 saturated carbocycles. The summed E-state index contributed by atoms with van der Waals surface area (Å²) in [7, 11) is 0. The van der Waals surface area contributed by atoms with Gasteiger partial charge in [0.2, 0.25) is 0 Å². The lowest BCUT2D eigenvalue weighted by atomic mass is 9.94. The van der Waals surface area contributed by atoms with Crippen LogP contribution in [0.1, 0.15) is 31.8 Å². The molecule has 0 atom stereocenters. The number of nitrogens with zero attached hydrogens (tertiary/aromatic N) is 2. The molecule has 5 nitrogen and oxygen atoms in total. The van der Waals surface area contributed by atoms with E-state index in [9.17, 15) is 9.59 Å². The van der Waals surface area contributed by atoms with Gasteiger partial charge in [-0.1, -0.05) is 30.8 Å². The Labute approximate surface area is 145 Å². The van der Waals surface area contributed by atoms with Gasteiger partial charge < -0.3 is 10.2 Å². The topological polar surface area (TPSA) is 73.2 Å². The molecule has 0 spiro atoms. The van der Waals surface area contributed by atoms with Crippen LogP contribution in [0.4, 0.5) is 0 Å². The summed E-state index contributed by atoms with van der Waals surface area (Å²) in [6.45, 7) is 4.89. The van der Waals surface area contributed by atoms with Gasteiger partial charge in [-0.05, 0) is 34.4 Å². The Balaban J connectivity index is 1.75. The zero-order valence-electron chi connectivity index (χ0n) is 13.5. The van der Waals surface area contributed by atoms with E-state index in [1.54, 1.807) is 11.0 Å². The summed E-state index contributed by atoms with van der Waals surface area (Å²) in [4.78, 5) is 26.1. The Morgan fingerprint density at radius 2 is 2.00 bits per heavy atom. The highest BCUT2D eigenvalue weighted by molar-refractivity contribution is 6.02. The van der Waals surface area contributed by atoms with E-state index >= 15 is 0 Å². The van der Waals surface area contributed by atoms with Crippen molar-refractivity contribution in [2.45, 2.75) is 13.1 Å². The van der Waals surface area contributed by atoms with E-state index in [0.29, 0.717) is 29.8 Å². The Bertz CT molecular complexity index is 985. The fourth-order valence-corrected chi connectivity index (χ4v) is 3.43. The zero-order valence-corrected chi connectivity index (χ0v) is 13.5. The molecule has 25 heavy (non-hydrogen) atoms. The first-order chi connectivity index (χ1) is 12.1. The standard InChI is InChI=1S/C20H15N3O2/c1-12(8-21)10-23-11-18-15(3-2-4-16(18)20(23)25)13-5-6-14-9-22-19(24)17(14)7-13/h2-7H,1,9-11H2,(H,22,24). The number of hydrogen-bond donors (Lipinski definition) is 1. The predicted molar refractivity (Wildman–Crippen MR) is 92.5 cm³/mol. The molecule has 2 aliphatic heterocycles. The second-order valence-electron chi connectivity index (χ2n) is 6.26. The molecule has 2 aromatic rings. The van der Waals surface area contributed by atoms with Gasteiger partial charge in [0, 0.05) is 29.8 Å². The molecule has 0 fully saturated rings. The number of hydrogen-bond acceptors (Lipinski definition) is 3. The number of carbonyl (C=O) groups is 2. The van der Waals surface area contributed by atoms with E-state index in [2.05, 4.69) is 11.9 Å². The van der Waals surface area contributed by atoms with E-state index in [-0.39, 0.29) is 18.4 Å². The molecule has 2 aliphatic rings. The molecule has 0 saturated heterocycles. The van der Waals surface area contributed by atoms with Crippen molar-refractivity contribution in [3.05, 3.63) is 70.8 Å². The summed E-state index contributed by atoms with van der Waals surface area (Å²) in [6.07, 6.45) is 0. The maximum absolute atomic E-state index is 12.6. The van der Waals surface area contributed by atoms with Crippen molar-refractivity contribution < 1.29 is 9.59 Å². The average molecular weight is 329 g/mol. The maximum atomic E-state index is 12.6. The highest BCUT2D eigenvalue weighted by Crippen LogP contribution is 2.34. The number of nitriles is 1. The zero-order chi connectivity index (χ0) is 17.6. The van der Waals surface area contributed by atoms with Gasteiger partial charge >= 0.3 is 0 Å². The summed E-state index contributed by atoms with van der Waals surface area (Å²) in [5.74, 6) is -0.153. The smallest absolute Gasteiger partial charge is 0.254 e. The summed E-state index contributed by atoms with van der Waals surface area (Å²) in [6, 6.07) is 13.4. The van der Waals surface area contributed by atoms with Gasteiger partial charge in [-0.3, -0.25) is 9.59 Å². The number of nitrogens with one attached hydrogen (secondary N) is 1. The molecule has 4 rings (SSSR count). The first kappa shape index (κ1) is 15.2. The van der Waals surface area contributed by atoms with Crippen LogP contribution < -0.4 is 5.32 Å². The molecule has 5 heteroatoms. The van der Waals surface area contributed by atoms with Gasteiger partial charge in [-0.15, -0.1) is 0 Å². The van der Waals surface area contributed by atoms with Crippen molar-refractivity contribution in [2.75, 3.05) is 6.54 Å². The van der Waals surface area contributed by atoms with Crippen LogP contribution in [0, 0.1) is 11.3 Å². The van der Waals surface area contributed by atoms with Crippen molar-refractivity contribution in [1.29, 1.82) is 5.26 Å². The van der Waals surface area contributed by atoms with Gasteiger partial charge in [-0.25, -0.2) is 0 Å². The van der Waals surface area contributed by atoms with Gasteiger partial charge in [-0.2, -0.15) is 5.26 Å². The second kappa shape index (κ2) is 5.60. The monoisotopic (exact) mass is 329 g/mol. The molecular formula is C20H15N3O2. The van der Waals surface area contributed by atoms with Crippen molar-refractivity contribution in [1.82, 2.24) is 10.2 Å². The molecule has 0 bridgehead atoms. The Morgan fingerprint density at radius 3 is 2.80 bits per heavy atom. The Kier molecular flexibility index (Phi) is 3.40. The van der Waals surface area contributed by atoms with E-state index in [1.165, 1.54) is 0 Å². The van der Waals surface area contributed by atoms with Gasteiger partial charge in [0.15, 0.2) is 0 Å². The number of carbonyl (C=O) groups excluding carboxylic acids is 2. The Hall–Kier alpha value is -3.39. The van der Waals surface area contributed by atoms with E-state index in [1.807, 2.05) is 36.4 Å². The quantitative estimate of drug-likeness (QED) is 0.880. The van der Waals surface area contributed by atoms with Crippen LogP contribution in [0.2, 0.25) is 0 Å². The third-order valence-corrected chi connectivity index (χ3v) is 4.69. The lowest BCUT2D eigenvalue weighted by Crippen LogP contribution is -2.25. The summed E-state index contributed by atoms with van der Waals surface area (Å²) >= 11 is 0. The molecule has 0 radical (unpaired) electrons. The number of amides is 2. The fourth-order valence-electron chi connectivity index (χ4n) is 3.43. The highest BCUT2D eigenvalue weighted by atomic mass is 16.2. The summed E-state index contributed by atoms with van der Waals surface area (Å²) in [5, 5.41) is 11.7. The molecule has 2 aromatic carbocycles. The molecule has 2 amide bonds. The van der Waals surface area contributed by atoms with E-state index in [4.69, 9.17) is 5.26 Å². The van der Waals surface area contributed by atoms with Gasteiger partial charge in [0.1, 0.15) is 0 Å². The summed E-state index contributed by atoms with van der Waals surface area (Å²) in [5.41, 5.74) is 5.47. The third kappa shape index (κ3) is 2.39. The maximum Gasteiger partial charge on any atom is 0.254 e. The second-order valence-corrected chi connectivity index (χ2v) is 6.26. The van der Waals surface area contributed by atoms with E-state index < -0.39 is 0 Å². The van der Waals surface area contributed by atoms with Gasteiger partial charge in [0.05, 0.1) is 12.6 Å². The van der Waals surface area contributed by atoms with E-state index in [0.717, 1.165) is 22.3 Å². The molecule has 1 N–H and O–H groups in total. The largest absolute Gasteiger partial charge is 0.348 e. The normalized spacial score (nSPS) is 14.8. The first-order valence-corrected chi connectivity index (χ1v) is 7.99. The van der Waals surface area contributed by atoms with Crippen LogP contribution in [0.25, 0.3) is 11.1 Å². The Morgan fingerprint density at radius 1 is 1.20 bits per heavy atom. The van der Waals surface area contributed by atoms with Crippen molar-refractivity contribution in [3.63, 3.8) is 0 Å². The lowest BCUT2D eigenvalue weighted by Gasteiger charge is -2.14. The van der Waals surface area contributed by atoms with Crippen molar-refractivity contribution in [2.24, 2.45) is 0 Å². The van der Waals surface area contributed by atoms with Crippen LogP contribution in [0.5, 0.6) is 0 Å². The summed E-state index contributed by atoms with van der Waals surface area (Å²) < 4.78 is 0. The van der Waals surface area contributed by atoms with Crippen LogP contribution in [0.3, 0.4) is 0 Å². The first-order valence-electron chi connectivity index (χ1n) is 7.99. The average Bonchev–Trinajstić information content (AvgIpc) is 3.15. The number of benzene rings is 2.